The van der Waals surface area contributed by atoms with Gasteiger partial charge in [0.2, 0.25) is 0 Å². The third kappa shape index (κ3) is 0.690. The average molecular weight is 115 g/mol. The largest absolute Gasteiger partial charge is 0.346 e. The molecule has 8 heavy (non-hydrogen) atoms. The van der Waals surface area contributed by atoms with Gasteiger partial charge in [-0.2, -0.15) is 0 Å². The van der Waals surface area contributed by atoms with Crippen molar-refractivity contribution in [3.05, 3.63) is 0 Å². The van der Waals surface area contributed by atoms with Crippen molar-refractivity contribution >= 4 is 5.91 Å². The number of ether oxygens (including phenoxy) is 1. The van der Waals surface area contributed by atoms with E-state index in [1.54, 1.807) is 13.8 Å². The minimum Gasteiger partial charge on any atom is -0.346 e. The molecule has 0 aromatic heterocycles. The van der Waals surface area contributed by atoms with E-state index in [1.165, 1.54) is 0 Å². The fourth-order valence-corrected chi connectivity index (χ4v) is 0.560. The Morgan fingerprint density at radius 3 is 2.50 bits per heavy atom. The Labute approximate surface area is 48.0 Å². The van der Waals surface area contributed by atoms with Gasteiger partial charge in [-0.25, -0.2) is 0 Å². The topological polar surface area (TPSA) is 38.3 Å². The molecule has 0 saturated carbocycles. The lowest BCUT2D eigenvalue weighted by Gasteiger charge is -2.10. The number of carbonyl (C=O) groups excluding carboxylic acids is 1. The van der Waals surface area contributed by atoms with Gasteiger partial charge in [-0.15, -0.1) is 0 Å². The van der Waals surface area contributed by atoms with E-state index in [4.69, 9.17) is 4.74 Å². The summed E-state index contributed by atoms with van der Waals surface area (Å²) in [5, 5.41) is 2.55. The van der Waals surface area contributed by atoms with Gasteiger partial charge in [-0.3, -0.25) is 4.79 Å². The highest BCUT2D eigenvalue weighted by Crippen LogP contribution is 2.12. The van der Waals surface area contributed by atoms with E-state index < -0.39 is 5.60 Å². The first-order valence-corrected chi connectivity index (χ1v) is 2.55. The maximum atomic E-state index is 10.7. The molecule has 1 heterocycles. The number of carbonyl (C=O) groups is 1. The normalized spacial score (nSPS) is 25.5. The van der Waals surface area contributed by atoms with Crippen LogP contribution in [0, 0.1) is 0 Å². The van der Waals surface area contributed by atoms with Gasteiger partial charge in [0, 0.05) is 0 Å². The third-order valence-corrected chi connectivity index (χ3v) is 1.21. The Morgan fingerprint density at radius 2 is 2.38 bits per heavy atom. The Kier molecular flexibility index (Phi) is 1.01. The molecule has 0 aromatic carbocycles. The predicted molar refractivity (Wildman–Crippen MR) is 28.2 cm³/mol. The van der Waals surface area contributed by atoms with Gasteiger partial charge >= 0.3 is 0 Å². The van der Waals surface area contributed by atoms with Gasteiger partial charge in [0.15, 0.2) is 0 Å². The van der Waals surface area contributed by atoms with Crippen LogP contribution in [-0.4, -0.2) is 18.2 Å². The summed E-state index contributed by atoms with van der Waals surface area (Å²) >= 11 is 0. The van der Waals surface area contributed by atoms with Crippen molar-refractivity contribution in [1.29, 1.82) is 0 Å². The Balaban J connectivity index is 2.68. The van der Waals surface area contributed by atoms with Crippen LogP contribution in [0.2, 0.25) is 0 Å². The molecule has 0 aliphatic carbocycles. The number of hydrogen-bond acceptors (Lipinski definition) is 2. The average Bonchev–Trinajstić information content (AvgIpc) is 1.86. The molecule has 0 radical (unpaired) electrons. The molecular weight excluding hydrogens is 106 g/mol. The van der Waals surface area contributed by atoms with Gasteiger partial charge in [0.1, 0.15) is 12.3 Å². The van der Waals surface area contributed by atoms with E-state index >= 15 is 0 Å². The minimum absolute atomic E-state index is 0.0301. The predicted octanol–water partition coefficient (Wildman–Crippen LogP) is -0.131. The van der Waals surface area contributed by atoms with Gasteiger partial charge in [-0.1, -0.05) is 0 Å². The van der Waals surface area contributed by atoms with E-state index in [9.17, 15) is 4.79 Å². The van der Waals surface area contributed by atoms with Crippen LogP contribution in [0.5, 0.6) is 0 Å². The zero-order chi connectivity index (χ0) is 6.20. The Bertz CT molecular complexity index is 120. The minimum atomic E-state index is -0.597. The van der Waals surface area contributed by atoms with E-state index in [1.807, 2.05) is 0 Å². The fourth-order valence-electron chi connectivity index (χ4n) is 0.560. The first-order chi connectivity index (χ1) is 3.63. The van der Waals surface area contributed by atoms with Crippen LogP contribution >= 0.6 is 0 Å². The van der Waals surface area contributed by atoms with Crippen LogP contribution in [-0.2, 0) is 9.53 Å². The van der Waals surface area contributed by atoms with Crippen molar-refractivity contribution in [2.24, 2.45) is 0 Å². The van der Waals surface area contributed by atoms with Crippen molar-refractivity contribution in [2.75, 3.05) is 6.73 Å². The highest BCUT2D eigenvalue weighted by molar-refractivity contribution is 5.85. The SMILES string of the molecule is CC1(C)OCNC1=O. The molecule has 0 spiro atoms. The summed E-state index contributed by atoms with van der Waals surface area (Å²) in [7, 11) is 0. The summed E-state index contributed by atoms with van der Waals surface area (Å²) in [6.45, 7) is 3.84. The zero-order valence-electron chi connectivity index (χ0n) is 5.02. The van der Waals surface area contributed by atoms with Crippen LogP contribution in [0.4, 0.5) is 0 Å². The van der Waals surface area contributed by atoms with E-state index in [0.29, 0.717) is 6.73 Å². The quantitative estimate of drug-likeness (QED) is 0.477. The molecule has 0 unspecified atom stereocenters. The lowest BCUT2D eigenvalue weighted by Crippen LogP contribution is -2.32. The van der Waals surface area contributed by atoms with Crippen LogP contribution in [0.15, 0.2) is 0 Å². The van der Waals surface area contributed by atoms with Crippen molar-refractivity contribution in [1.82, 2.24) is 5.32 Å². The molecule has 1 saturated heterocycles. The van der Waals surface area contributed by atoms with E-state index in [0.717, 1.165) is 0 Å². The monoisotopic (exact) mass is 115 g/mol. The molecular formula is C5H9NO2. The molecule has 1 N–H and O–H groups in total. The number of hydrogen-bond donors (Lipinski definition) is 1. The summed E-state index contributed by atoms with van der Waals surface area (Å²) in [5.74, 6) is -0.0301. The smallest absolute Gasteiger partial charge is 0.253 e. The molecule has 3 nitrogen and oxygen atoms in total. The van der Waals surface area contributed by atoms with Crippen LogP contribution < -0.4 is 5.32 Å². The Morgan fingerprint density at radius 1 is 1.75 bits per heavy atom. The zero-order valence-corrected chi connectivity index (χ0v) is 5.02. The lowest BCUT2D eigenvalue weighted by atomic mass is 10.1. The third-order valence-electron chi connectivity index (χ3n) is 1.21. The maximum Gasteiger partial charge on any atom is 0.253 e. The fraction of sp³-hybridized carbons (Fsp3) is 0.800. The molecule has 1 aliphatic rings. The molecule has 1 aliphatic heterocycles. The number of rotatable bonds is 0. The molecule has 3 heteroatoms. The van der Waals surface area contributed by atoms with Crippen LogP contribution in [0.1, 0.15) is 13.8 Å². The molecule has 1 fully saturated rings. The van der Waals surface area contributed by atoms with E-state index in [-0.39, 0.29) is 5.91 Å². The van der Waals surface area contributed by atoms with Crippen molar-refractivity contribution in [3.63, 3.8) is 0 Å². The maximum absolute atomic E-state index is 10.7. The first-order valence-electron chi connectivity index (χ1n) is 2.55. The van der Waals surface area contributed by atoms with Gasteiger partial charge in [0.05, 0.1) is 0 Å². The highest BCUT2D eigenvalue weighted by atomic mass is 16.5. The lowest BCUT2D eigenvalue weighted by molar-refractivity contribution is -0.129. The molecule has 1 rings (SSSR count). The molecule has 0 aromatic rings. The summed E-state index contributed by atoms with van der Waals surface area (Å²) in [5.41, 5.74) is -0.597. The molecule has 0 atom stereocenters. The van der Waals surface area contributed by atoms with E-state index in [2.05, 4.69) is 5.32 Å². The molecule has 1 amide bonds. The van der Waals surface area contributed by atoms with Gasteiger partial charge < -0.3 is 10.1 Å². The Hall–Kier alpha value is -0.570. The first kappa shape index (κ1) is 5.56. The van der Waals surface area contributed by atoms with Crippen LogP contribution in [0.25, 0.3) is 0 Å². The summed E-state index contributed by atoms with van der Waals surface area (Å²) < 4.78 is 4.99. The second kappa shape index (κ2) is 1.45. The highest BCUT2D eigenvalue weighted by Gasteiger charge is 2.33. The summed E-state index contributed by atoms with van der Waals surface area (Å²) in [6.07, 6.45) is 0. The van der Waals surface area contributed by atoms with Gasteiger partial charge in [-0.05, 0) is 13.8 Å². The molecule has 46 valence electrons. The second-order valence-corrected chi connectivity index (χ2v) is 2.30. The molecule has 0 bridgehead atoms. The number of amides is 1. The van der Waals surface area contributed by atoms with Crippen molar-refractivity contribution < 1.29 is 9.53 Å². The summed E-state index contributed by atoms with van der Waals surface area (Å²) in [6, 6.07) is 0. The second-order valence-electron chi connectivity index (χ2n) is 2.30. The standard InChI is InChI=1S/C5H9NO2/c1-5(2)4(7)6-3-8-5/h3H2,1-2H3,(H,6,7). The van der Waals surface area contributed by atoms with Crippen molar-refractivity contribution in [2.45, 2.75) is 19.4 Å². The summed E-state index contributed by atoms with van der Waals surface area (Å²) in [4.78, 5) is 10.7. The van der Waals surface area contributed by atoms with Crippen molar-refractivity contribution in [3.8, 4) is 0 Å². The van der Waals surface area contributed by atoms with Gasteiger partial charge in [0.25, 0.3) is 5.91 Å². The van der Waals surface area contributed by atoms with Crippen LogP contribution in [0.3, 0.4) is 0 Å². The number of nitrogens with one attached hydrogen (secondary N) is 1.